The number of rotatable bonds is 7. The predicted molar refractivity (Wildman–Crippen MR) is 150 cm³/mol. The average Bonchev–Trinajstić information content (AvgIpc) is 3.22. The van der Waals surface area contributed by atoms with Crippen LogP contribution in [0.1, 0.15) is 28.5 Å². The van der Waals surface area contributed by atoms with Crippen LogP contribution in [0.2, 0.25) is 5.02 Å². The molecule has 2 heterocycles. The van der Waals surface area contributed by atoms with Gasteiger partial charge in [0.25, 0.3) is 10.0 Å². The largest absolute Gasteiger partial charge is 0.462 e. The van der Waals surface area contributed by atoms with E-state index in [2.05, 4.69) is 4.98 Å². The number of ether oxygens (including phenoxy) is 1. The van der Waals surface area contributed by atoms with E-state index in [1.54, 1.807) is 13.1 Å². The summed E-state index contributed by atoms with van der Waals surface area (Å²) in [7, 11) is -2.19. The van der Waals surface area contributed by atoms with Crippen LogP contribution in [0.4, 0.5) is 5.82 Å². The molecule has 0 N–H and O–H groups in total. The maximum atomic E-state index is 14.2. The van der Waals surface area contributed by atoms with Gasteiger partial charge in [-0.05, 0) is 67.8 Å². The summed E-state index contributed by atoms with van der Waals surface area (Å²) in [4.78, 5) is 16.8. The first-order valence-electron chi connectivity index (χ1n) is 12.1. The van der Waals surface area contributed by atoms with Crippen molar-refractivity contribution in [3.8, 4) is 0 Å². The van der Waals surface area contributed by atoms with E-state index in [1.807, 2.05) is 67.1 Å². The van der Waals surface area contributed by atoms with Crippen LogP contribution in [0, 0.1) is 6.92 Å². The van der Waals surface area contributed by atoms with E-state index in [4.69, 9.17) is 16.3 Å². The van der Waals surface area contributed by atoms with Crippen LogP contribution in [-0.4, -0.2) is 30.5 Å². The summed E-state index contributed by atoms with van der Waals surface area (Å²) in [5, 5.41) is 3.35. The lowest BCUT2D eigenvalue weighted by atomic mass is 10.1. The third kappa shape index (κ3) is 4.61. The van der Waals surface area contributed by atoms with Crippen LogP contribution < -0.4 is 4.31 Å². The summed E-state index contributed by atoms with van der Waals surface area (Å²) in [5.74, 6) is -0.170. The molecule has 0 aliphatic heterocycles. The average molecular weight is 548 g/mol. The van der Waals surface area contributed by atoms with Crippen molar-refractivity contribution in [2.24, 2.45) is 7.05 Å². The Hall–Kier alpha value is -3.88. The number of aromatic nitrogens is 2. The molecule has 0 bridgehead atoms. The Kier molecular flexibility index (Phi) is 6.86. The first kappa shape index (κ1) is 25.8. The molecule has 0 saturated carbocycles. The van der Waals surface area contributed by atoms with Gasteiger partial charge in [0.05, 0.1) is 23.6 Å². The van der Waals surface area contributed by atoms with Crippen LogP contribution in [0.15, 0.2) is 83.9 Å². The minimum absolute atomic E-state index is 0.0386. The van der Waals surface area contributed by atoms with Gasteiger partial charge in [0, 0.05) is 45.8 Å². The molecule has 0 atom stereocenters. The molecular weight excluding hydrogens is 522 g/mol. The van der Waals surface area contributed by atoms with Gasteiger partial charge in [0.15, 0.2) is 0 Å². The number of hydrogen-bond donors (Lipinski definition) is 0. The van der Waals surface area contributed by atoms with E-state index >= 15 is 0 Å². The molecular formula is C29H26ClN3O4S. The second-order valence-electron chi connectivity index (χ2n) is 8.95. The number of aryl methyl sites for hydroxylation is 2. The maximum Gasteiger partial charge on any atom is 0.338 e. The Labute approximate surface area is 226 Å². The fraction of sp³-hybridized carbons (Fsp3) is 0.172. The topological polar surface area (TPSA) is 81.5 Å². The van der Waals surface area contributed by atoms with Gasteiger partial charge in [-0.15, -0.1) is 0 Å². The first-order valence-corrected chi connectivity index (χ1v) is 13.9. The highest BCUT2D eigenvalue weighted by atomic mass is 35.5. The fourth-order valence-corrected chi connectivity index (χ4v) is 6.23. The van der Waals surface area contributed by atoms with Crippen LogP contribution in [0.5, 0.6) is 0 Å². The monoisotopic (exact) mass is 547 g/mol. The molecule has 2 aromatic heterocycles. The lowest BCUT2D eigenvalue weighted by Gasteiger charge is -2.26. The molecule has 0 unspecified atom stereocenters. The van der Waals surface area contributed by atoms with Crippen molar-refractivity contribution < 1.29 is 17.9 Å². The zero-order valence-electron chi connectivity index (χ0n) is 21.2. The van der Waals surface area contributed by atoms with Crippen LogP contribution >= 0.6 is 11.6 Å². The second kappa shape index (κ2) is 10.1. The molecule has 7 nitrogen and oxygen atoms in total. The first-order chi connectivity index (χ1) is 18.2. The minimum atomic E-state index is -4.08. The van der Waals surface area contributed by atoms with Crippen molar-refractivity contribution in [3.63, 3.8) is 0 Å². The van der Waals surface area contributed by atoms with E-state index < -0.39 is 16.0 Å². The summed E-state index contributed by atoms with van der Waals surface area (Å²) in [5.41, 5.74) is 2.73. The fourth-order valence-electron chi connectivity index (χ4n) is 4.61. The summed E-state index contributed by atoms with van der Waals surface area (Å²) in [6.07, 6.45) is 1.69. The summed E-state index contributed by atoms with van der Waals surface area (Å²) in [6.45, 7) is 3.86. The lowest BCUT2D eigenvalue weighted by Crippen LogP contribution is -2.32. The van der Waals surface area contributed by atoms with Crippen molar-refractivity contribution in [1.29, 1.82) is 0 Å². The Morgan fingerprint density at radius 2 is 1.76 bits per heavy atom. The number of hydrogen-bond acceptors (Lipinski definition) is 5. The van der Waals surface area contributed by atoms with Gasteiger partial charge in [0.2, 0.25) is 0 Å². The third-order valence-electron chi connectivity index (χ3n) is 6.63. The molecule has 0 aliphatic carbocycles. The van der Waals surface area contributed by atoms with Gasteiger partial charge in [-0.25, -0.2) is 22.5 Å². The number of pyridine rings is 1. The molecule has 194 valence electrons. The summed E-state index contributed by atoms with van der Waals surface area (Å²) >= 11 is 6.21. The number of anilines is 1. The number of halogens is 1. The Bertz CT molecular complexity index is 1780. The molecule has 0 aliphatic rings. The molecule has 9 heteroatoms. The lowest BCUT2D eigenvalue weighted by molar-refractivity contribution is 0.0526. The van der Waals surface area contributed by atoms with Crippen LogP contribution in [0.25, 0.3) is 21.7 Å². The SMILES string of the molecule is CCOC(=O)c1ccc(S(=O)(=O)N(Cc2cc3cc(Cl)ccc3n2C)c2ncc3ccccc3c2C)cc1. The molecule has 0 amide bonds. The molecule has 5 rings (SSSR count). The van der Waals surface area contributed by atoms with Crippen LogP contribution in [-0.2, 0) is 28.4 Å². The van der Waals surface area contributed by atoms with Crippen LogP contribution in [0.3, 0.4) is 0 Å². The van der Waals surface area contributed by atoms with E-state index in [1.165, 1.54) is 28.6 Å². The number of carbonyl (C=O) groups is 1. The van der Waals surface area contributed by atoms with Crippen molar-refractivity contribution in [1.82, 2.24) is 9.55 Å². The molecule has 0 fully saturated rings. The molecule has 0 spiro atoms. The zero-order chi connectivity index (χ0) is 27.0. The van der Waals surface area contributed by atoms with Gasteiger partial charge in [0.1, 0.15) is 5.82 Å². The standard InChI is InChI=1S/C29H26ClN3O4S/c1-4-37-29(34)20-9-12-25(13-10-20)38(35,36)33(28-19(2)26-8-6-5-7-21(26)17-31-28)18-24-16-22-15-23(30)11-14-27(22)32(24)3/h5-17H,4,18H2,1-3H3. The van der Waals surface area contributed by atoms with E-state index in [-0.39, 0.29) is 23.6 Å². The normalized spacial score (nSPS) is 11.7. The quantitative estimate of drug-likeness (QED) is 0.225. The van der Waals surface area contributed by atoms with Gasteiger partial charge in [-0.3, -0.25) is 0 Å². The predicted octanol–water partition coefficient (Wildman–Crippen LogP) is 6.26. The van der Waals surface area contributed by atoms with Crippen molar-refractivity contribution in [3.05, 3.63) is 101 Å². The van der Waals surface area contributed by atoms with Crippen molar-refractivity contribution in [2.75, 3.05) is 10.9 Å². The number of esters is 1. The van der Waals surface area contributed by atoms with E-state index in [9.17, 15) is 13.2 Å². The molecule has 0 saturated heterocycles. The number of sulfonamides is 1. The highest BCUT2D eigenvalue weighted by Crippen LogP contribution is 2.32. The summed E-state index contributed by atoms with van der Waals surface area (Å²) in [6, 6.07) is 21.0. The highest BCUT2D eigenvalue weighted by molar-refractivity contribution is 7.92. The van der Waals surface area contributed by atoms with Crippen molar-refractivity contribution >= 4 is 55.1 Å². The van der Waals surface area contributed by atoms with Gasteiger partial charge >= 0.3 is 5.97 Å². The Morgan fingerprint density at radius 3 is 2.50 bits per heavy atom. The number of fused-ring (bicyclic) bond motifs is 2. The van der Waals surface area contributed by atoms with Gasteiger partial charge in [-0.2, -0.15) is 0 Å². The number of nitrogens with zero attached hydrogens (tertiary/aromatic N) is 3. The number of benzene rings is 3. The third-order valence-corrected chi connectivity index (χ3v) is 8.61. The van der Waals surface area contributed by atoms with Gasteiger partial charge in [-0.1, -0.05) is 35.9 Å². The van der Waals surface area contributed by atoms with Gasteiger partial charge < -0.3 is 9.30 Å². The molecule has 0 radical (unpaired) electrons. The summed E-state index contributed by atoms with van der Waals surface area (Å²) < 4.78 is 36.6. The molecule has 5 aromatic rings. The maximum absolute atomic E-state index is 14.2. The zero-order valence-corrected chi connectivity index (χ0v) is 22.8. The van der Waals surface area contributed by atoms with E-state index in [0.717, 1.165) is 32.9 Å². The molecule has 38 heavy (non-hydrogen) atoms. The Morgan fingerprint density at radius 1 is 1.03 bits per heavy atom. The second-order valence-corrected chi connectivity index (χ2v) is 11.2. The molecule has 3 aromatic carbocycles. The number of carbonyl (C=O) groups excluding carboxylic acids is 1. The minimum Gasteiger partial charge on any atom is -0.462 e. The Balaban J connectivity index is 1.65. The van der Waals surface area contributed by atoms with E-state index in [0.29, 0.717) is 10.8 Å². The van der Waals surface area contributed by atoms with Crippen molar-refractivity contribution in [2.45, 2.75) is 25.3 Å². The smallest absolute Gasteiger partial charge is 0.338 e. The highest BCUT2D eigenvalue weighted by Gasteiger charge is 2.29.